The second-order valence-corrected chi connectivity index (χ2v) is 8.04. The highest BCUT2D eigenvalue weighted by Gasteiger charge is 2.25. The summed E-state index contributed by atoms with van der Waals surface area (Å²) in [6, 6.07) is 4.74. The lowest BCUT2D eigenvalue weighted by molar-refractivity contribution is 0.0690. The normalized spacial score (nSPS) is 15.7. The van der Waals surface area contributed by atoms with Crippen LogP contribution in [-0.2, 0) is 10.0 Å². The molecule has 0 aliphatic carbocycles. The Morgan fingerprint density at radius 3 is 2.48 bits per heavy atom. The van der Waals surface area contributed by atoms with Crippen molar-refractivity contribution in [3.05, 3.63) is 29.3 Å². The average molecular weight is 390 g/mol. The molecular weight excluding hydrogens is 362 g/mol. The molecule has 2 N–H and O–H groups in total. The van der Waals surface area contributed by atoms with E-state index < -0.39 is 10.0 Å². The number of halogens is 1. The molecule has 1 aromatic rings. The number of carbonyl (C=O) groups excluding carboxylic acids is 1. The number of aryl methyl sites for hydroxylation is 1. The lowest BCUT2D eigenvalue weighted by Gasteiger charge is -2.32. The van der Waals surface area contributed by atoms with Gasteiger partial charge in [-0.15, -0.1) is 12.4 Å². The van der Waals surface area contributed by atoms with Crippen molar-refractivity contribution in [3.8, 4) is 0 Å². The molecule has 1 aromatic carbocycles. The van der Waals surface area contributed by atoms with Crippen LogP contribution in [0.4, 0.5) is 0 Å². The van der Waals surface area contributed by atoms with Gasteiger partial charge < -0.3 is 10.2 Å². The predicted octanol–water partition coefficient (Wildman–Crippen LogP) is 1.79. The predicted molar refractivity (Wildman–Crippen MR) is 102 cm³/mol. The van der Waals surface area contributed by atoms with E-state index in [0.29, 0.717) is 18.0 Å². The molecule has 1 amide bonds. The van der Waals surface area contributed by atoms with Gasteiger partial charge in [0.15, 0.2) is 0 Å². The lowest BCUT2D eigenvalue weighted by Crippen LogP contribution is -2.40. The van der Waals surface area contributed by atoms with Crippen molar-refractivity contribution in [3.63, 3.8) is 0 Å². The molecule has 0 bridgehead atoms. The van der Waals surface area contributed by atoms with E-state index in [-0.39, 0.29) is 23.2 Å². The summed E-state index contributed by atoms with van der Waals surface area (Å²) in [5.74, 6) is 0.518. The standard InChI is InChI=1S/C17H27N3O3S.ClH/c1-4-19-24(22,23)15-6-5-13(2)16(11-15)17(21)20-9-7-14(8-10-20)12-18-3;/h5-6,11,14,18-19H,4,7-10,12H2,1-3H3;1H. The van der Waals surface area contributed by atoms with Crippen LogP contribution < -0.4 is 10.0 Å². The highest BCUT2D eigenvalue weighted by atomic mass is 35.5. The first kappa shape index (κ1) is 21.9. The first-order valence-corrected chi connectivity index (χ1v) is 9.91. The van der Waals surface area contributed by atoms with Crippen molar-refractivity contribution >= 4 is 28.3 Å². The van der Waals surface area contributed by atoms with Crippen LogP contribution in [0.2, 0.25) is 0 Å². The van der Waals surface area contributed by atoms with E-state index in [4.69, 9.17) is 0 Å². The van der Waals surface area contributed by atoms with Gasteiger partial charge in [0.25, 0.3) is 5.91 Å². The molecule has 0 aromatic heterocycles. The van der Waals surface area contributed by atoms with E-state index in [0.717, 1.165) is 38.0 Å². The van der Waals surface area contributed by atoms with Gasteiger partial charge in [0.2, 0.25) is 10.0 Å². The number of hydrogen-bond acceptors (Lipinski definition) is 4. The zero-order valence-electron chi connectivity index (χ0n) is 15.0. The summed E-state index contributed by atoms with van der Waals surface area (Å²) in [4.78, 5) is 14.8. The van der Waals surface area contributed by atoms with Gasteiger partial charge in [-0.3, -0.25) is 4.79 Å². The van der Waals surface area contributed by atoms with Crippen molar-refractivity contribution < 1.29 is 13.2 Å². The Bertz CT molecular complexity index is 686. The van der Waals surface area contributed by atoms with Crippen molar-refractivity contribution in [2.24, 2.45) is 5.92 Å². The molecule has 1 heterocycles. The van der Waals surface area contributed by atoms with Crippen LogP contribution in [0.5, 0.6) is 0 Å². The lowest BCUT2D eigenvalue weighted by atomic mass is 9.96. The molecule has 6 nitrogen and oxygen atoms in total. The van der Waals surface area contributed by atoms with Gasteiger partial charge in [-0.1, -0.05) is 13.0 Å². The minimum atomic E-state index is -3.56. The summed E-state index contributed by atoms with van der Waals surface area (Å²) < 4.78 is 26.8. The molecule has 0 saturated carbocycles. The summed E-state index contributed by atoms with van der Waals surface area (Å²) >= 11 is 0. The number of nitrogens with one attached hydrogen (secondary N) is 2. The maximum absolute atomic E-state index is 12.8. The Labute approximate surface area is 156 Å². The van der Waals surface area contributed by atoms with E-state index in [1.165, 1.54) is 6.07 Å². The molecule has 142 valence electrons. The second kappa shape index (κ2) is 9.52. The van der Waals surface area contributed by atoms with Gasteiger partial charge >= 0.3 is 0 Å². The maximum Gasteiger partial charge on any atom is 0.254 e. The van der Waals surface area contributed by atoms with Crippen LogP contribution in [0.25, 0.3) is 0 Å². The summed E-state index contributed by atoms with van der Waals surface area (Å²) in [7, 11) is -1.62. The number of piperidine rings is 1. The van der Waals surface area contributed by atoms with E-state index in [1.807, 2.05) is 18.9 Å². The Morgan fingerprint density at radius 1 is 1.28 bits per heavy atom. The maximum atomic E-state index is 12.8. The molecule has 8 heteroatoms. The third-order valence-electron chi connectivity index (χ3n) is 4.48. The molecule has 1 aliphatic heterocycles. The second-order valence-electron chi connectivity index (χ2n) is 6.27. The molecule has 25 heavy (non-hydrogen) atoms. The largest absolute Gasteiger partial charge is 0.339 e. The fourth-order valence-corrected chi connectivity index (χ4v) is 4.14. The molecule has 1 fully saturated rings. The average Bonchev–Trinajstić information content (AvgIpc) is 2.55. The third-order valence-corrected chi connectivity index (χ3v) is 6.02. The number of carbonyl (C=O) groups is 1. The molecule has 1 aliphatic rings. The number of benzene rings is 1. The number of amides is 1. The number of rotatable bonds is 6. The van der Waals surface area contributed by atoms with Crippen LogP contribution in [-0.4, -0.2) is 52.5 Å². The molecular formula is C17H28ClN3O3S. The fraction of sp³-hybridized carbons (Fsp3) is 0.588. The Morgan fingerprint density at radius 2 is 1.92 bits per heavy atom. The minimum absolute atomic E-state index is 0. The van der Waals surface area contributed by atoms with Crippen molar-refractivity contribution in [2.75, 3.05) is 33.2 Å². The zero-order valence-corrected chi connectivity index (χ0v) is 16.7. The van der Waals surface area contributed by atoms with E-state index in [9.17, 15) is 13.2 Å². The monoisotopic (exact) mass is 389 g/mol. The number of likely N-dealkylation sites (tertiary alicyclic amines) is 1. The van der Waals surface area contributed by atoms with Gasteiger partial charge in [0, 0.05) is 25.2 Å². The van der Waals surface area contributed by atoms with Crippen LogP contribution in [0.15, 0.2) is 23.1 Å². The van der Waals surface area contributed by atoms with Crippen LogP contribution in [0.3, 0.4) is 0 Å². The summed E-state index contributed by atoms with van der Waals surface area (Å²) in [5.41, 5.74) is 1.27. The summed E-state index contributed by atoms with van der Waals surface area (Å²) in [6.07, 6.45) is 1.95. The summed E-state index contributed by atoms with van der Waals surface area (Å²) in [5, 5.41) is 3.18. The van der Waals surface area contributed by atoms with Gasteiger partial charge in [-0.25, -0.2) is 13.1 Å². The van der Waals surface area contributed by atoms with Crippen LogP contribution in [0.1, 0.15) is 35.7 Å². The topological polar surface area (TPSA) is 78.5 Å². The van der Waals surface area contributed by atoms with Gasteiger partial charge in [0.05, 0.1) is 4.90 Å². The zero-order chi connectivity index (χ0) is 17.7. The van der Waals surface area contributed by atoms with Gasteiger partial charge in [-0.05, 0) is 57.0 Å². The number of sulfonamides is 1. The smallest absolute Gasteiger partial charge is 0.254 e. The van der Waals surface area contributed by atoms with Crippen molar-refractivity contribution in [1.82, 2.24) is 14.9 Å². The molecule has 2 rings (SSSR count). The molecule has 1 saturated heterocycles. The first-order valence-electron chi connectivity index (χ1n) is 8.43. The Balaban J connectivity index is 0.00000312. The molecule has 0 spiro atoms. The van der Waals surface area contributed by atoms with E-state index in [1.54, 1.807) is 19.1 Å². The van der Waals surface area contributed by atoms with Crippen LogP contribution in [0, 0.1) is 12.8 Å². The Kier molecular flexibility index (Phi) is 8.34. The third kappa shape index (κ3) is 5.41. The minimum Gasteiger partial charge on any atom is -0.339 e. The first-order chi connectivity index (χ1) is 11.4. The number of nitrogens with zero attached hydrogens (tertiary/aromatic N) is 1. The van der Waals surface area contributed by atoms with Gasteiger partial charge in [-0.2, -0.15) is 0 Å². The SMILES string of the molecule is CCNS(=O)(=O)c1ccc(C)c(C(=O)N2CCC(CNC)CC2)c1.Cl. The highest BCUT2D eigenvalue weighted by molar-refractivity contribution is 7.89. The fourth-order valence-electron chi connectivity index (χ4n) is 3.07. The van der Waals surface area contributed by atoms with E-state index in [2.05, 4.69) is 10.0 Å². The Hall–Kier alpha value is -1.15. The van der Waals surface area contributed by atoms with Crippen molar-refractivity contribution in [1.29, 1.82) is 0 Å². The van der Waals surface area contributed by atoms with E-state index >= 15 is 0 Å². The van der Waals surface area contributed by atoms with Crippen molar-refractivity contribution in [2.45, 2.75) is 31.6 Å². The van der Waals surface area contributed by atoms with Crippen LogP contribution >= 0.6 is 12.4 Å². The quantitative estimate of drug-likeness (QED) is 0.777. The molecule has 0 atom stereocenters. The summed E-state index contributed by atoms with van der Waals surface area (Å²) in [6.45, 7) is 6.29. The molecule has 0 radical (unpaired) electrons. The molecule has 0 unspecified atom stereocenters. The number of hydrogen-bond donors (Lipinski definition) is 2. The van der Waals surface area contributed by atoms with Gasteiger partial charge in [0.1, 0.15) is 0 Å². The highest BCUT2D eigenvalue weighted by Crippen LogP contribution is 2.22.